The molecule has 160 valence electrons. The molecule has 0 unspecified atom stereocenters. The van der Waals surface area contributed by atoms with Crippen molar-refractivity contribution in [2.24, 2.45) is 0 Å². The third-order valence-corrected chi connectivity index (χ3v) is 5.83. The van der Waals surface area contributed by atoms with E-state index in [2.05, 4.69) is 0 Å². The fraction of sp³-hybridized carbons (Fsp3) is 0.130. The summed E-state index contributed by atoms with van der Waals surface area (Å²) in [6.45, 7) is 0. The molecule has 2 aromatic carbocycles. The Morgan fingerprint density at radius 1 is 1.03 bits per heavy atom. The maximum Gasteiger partial charge on any atom is 0.355 e. The van der Waals surface area contributed by atoms with Crippen molar-refractivity contribution in [3.63, 3.8) is 0 Å². The highest BCUT2D eigenvalue weighted by Crippen LogP contribution is 2.37. The standard InChI is InChI=1S/C23H19ClFNO4S/c1-29-22(27)16-9-5-6-13-26(21(16)23(28)30-2)18-11-3-4-12-19(18)31-14-15-8-7-10-17(24)20(15)25/h3-13H,14H2,1-2H3. The average Bonchev–Trinajstić information content (AvgIpc) is 3.02. The highest BCUT2D eigenvalue weighted by atomic mass is 35.5. The van der Waals surface area contributed by atoms with Crippen LogP contribution < -0.4 is 4.90 Å². The Morgan fingerprint density at radius 2 is 1.77 bits per heavy atom. The topological polar surface area (TPSA) is 55.8 Å². The highest BCUT2D eigenvalue weighted by molar-refractivity contribution is 7.98. The Bertz CT molecular complexity index is 1100. The minimum atomic E-state index is -0.697. The van der Waals surface area contributed by atoms with Crippen molar-refractivity contribution in [2.75, 3.05) is 19.1 Å². The van der Waals surface area contributed by atoms with E-state index in [-0.39, 0.29) is 16.3 Å². The van der Waals surface area contributed by atoms with E-state index in [1.54, 1.807) is 47.5 Å². The second-order valence-corrected chi connectivity index (χ2v) is 7.71. The number of hydrogen-bond acceptors (Lipinski definition) is 6. The van der Waals surface area contributed by atoms with Crippen molar-refractivity contribution >= 4 is 41.0 Å². The van der Waals surface area contributed by atoms with E-state index >= 15 is 0 Å². The predicted molar refractivity (Wildman–Crippen MR) is 119 cm³/mol. The zero-order valence-electron chi connectivity index (χ0n) is 16.8. The van der Waals surface area contributed by atoms with Gasteiger partial charge in [0.05, 0.1) is 30.5 Å². The fourth-order valence-corrected chi connectivity index (χ4v) is 4.16. The molecule has 0 N–H and O–H groups in total. The van der Waals surface area contributed by atoms with Crippen molar-refractivity contribution < 1.29 is 23.5 Å². The number of allylic oxidation sites excluding steroid dienone is 2. The molecule has 0 amide bonds. The molecule has 0 fully saturated rings. The van der Waals surface area contributed by atoms with Crippen LogP contribution in [0.25, 0.3) is 0 Å². The van der Waals surface area contributed by atoms with E-state index in [0.717, 1.165) is 4.90 Å². The zero-order chi connectivity index (χ0) is 22.4. The first kappa shape index (κ1) is 22.7. The second-order valence-electron chi connectivity index (χ2n) is 6.29. The van der Waals surface area contributed by atoms with Crippen molar-refractivity contribution in [1.29, 1.82) is 0 Å². The third-order valence-electron chi connectivity index (χ3n) is 4.43. The normalized spacial score (nSPS) is 13.2. The number of nitrogens with zero attached hydrogens (tertiary/aromatic N) is 1. The van der Waals surface area contributed by atoms with Crippen LogP contribution in [0.15, 0.2) is 83.1 Å². The largest absolute Gasteiger partial charge is 0.465 e. The molecular formula is C23H19ClFNO4S. The summed E-state index contributed by atoms with van der Waals surface area (Å²) < 4.78 is 24.1. The molecular weight excluding hydrogens is 441 g/mol. The van der Waals surface area contributed by atoms with Gasteiger partial charge < -0.3 is 14.4 Å². The summed E-state index contributed by atoms with van der Waals surface area (Å²) in [6.07, 6.45) is 6.47. The van der Waals surface area contributed by atoms with Crippen LogP contribution >= 0.6 is 23.4 Å². The minimum absolute atomic E-state index is 0.0151. The van der Waals surface area contributed by atoms with Crippen LogP contribution in [0.5, 0.6) is 0 Å². The fourth-order valence-electron chi connectivity index (χ4n) is 2.94. The Balaban J connectivity index is 2.04. The minimum Gasteiger partial charge on any atom is -0.465 e. The van der Waals surface area contributed by atoms with E-state index in [1.807, 2.05) is 12.1 Å². The zero-order valence-corrected chi connectivity index (χ0v) is 18.4. The summed E-state index contributed by atoms with van der Waals surface area (Å²) in [6, 6.07) is 12.1. The summed E-state index contributed by atoms with van der Waals surface area (Å²) in [5.41, 5.74) is 1.15. The molecule has 0 bridgehead atoms. The van der Waals surface area contributed by atoms with Gasteiger partial charge in [-0.2, -0.15) is 0 Å². The molecule has 1 aliphatic heterocycles. The third kappa shape index (κ3) is 5.00. The van der Waals surface area contributed by atoms with Gasteiger partial charge in [-0.25, -0.2) is 14.0 Å². The Labute approximate surface area is 188 Å². The van der Waals surface area contributed by atoms with Gasteiger partial charge in [-0.3, -0.25) is 0 Å². The van der Waals surface area contributed by atoms with Crippen LogP contribution in [-0.2, 0) is 24.8 Å². The predicted octanol–water partition coefficient (Wildman–Crippen LogP) is 5.26. The Hall–Kier alpha value is -3.03. The van der Waals surface area contributed by atoms with Crippen LogP contribution in [0.4, 0.5) is 10.1 Å². The van der Waals surface area contributed by atoms with E-state index in [4.69, 9.17) is 21.1 Å². The molecule has 0 aromatic heterocycles. The van der Waals surface area contributed by atoms with Gasteiger partial charge in [0.1, 0.15) is 11.5 Å². The first-order valence-electron chi connectivity index (χ1n) is 9.17. The van der Waals surface area contributed by atoms with E-state index in [0.29, 0.717) is 17.0 Å². The maximum absolute atomic E-state index is 14.3. The summed E-state index contributed by atoms with van der Waals surface area (Å²) in [5, 5.41) is 0.0616. The van der Waals surface area contributed by atoms with Crippen LogP contribution in [0.1, 0.15) is 5.56 Å². The lowest BCUT2D eigenvalue weighted by atomic mass is 10.1. The quantitative estimate of drug-likeness (QED) is 0.433. The van der Waals surface area contributed by atoms with Crippen molar-refractivity contribution in [1.82, 2.24) is 0 Å². The molecule has 5 nitrogen and oxygen atoms in total. The number of rotatable bonds is 6. The summed E-state index contributed by atoms with van der Waals surface area (Å²) in [4.78, 5) is 27.3. The van der Waals surface area contributed by atoms with E-state index < -0.39 is 17.8 Å². The molecule has 0 atom stereocenters. The van der Waals surface area contributed by atoms with E-state index in [1.165, 1.54) is 38.1 Å². The van der Waals surface area contributed by atoms with Gasteiger partial charge in [0, 0.05) is 16.8 Å². The van der Waals surface area contributed by atoms with Crippen LogP contribution in [0, 0.1) is 5.82 Å². The number of halogens is 2. The first-order chi connectivity index (χ1) is 15.0. The van der Waals surface area contributed by atoms with Crippen LogP contribution in [0.3, 0.4) is 0 Å². The average molecular weight is 460 g/mol. The number of benzene rings is 2. The van der Waals surface area contributed by atoms with Gasteiger partial charge in [0.25, 0.3) is 0 Å². The van der Waals surface area contributed by atoms with Gasteiger partial charge in [-0.05, 0) is 35.9 Å². The lowest BCUT2D eigenvalue weighted by Gasteiger charge is -2.25. The van der Waals surface area contributed by atoms with Gasteiger partial charge in [0.2, 0.25) is 0 Å². The lowest BCUT2D eigenvalue weighted by molar-refractivity contribution is -0.139. The summed E-state index contributed by atoms with van der Waals surface area (Å²) in [5.74, 6) is -1.51. The van der Waals surface area contributed by atoms with Gasteiger partial charge in [-0.1, -0.05) is 41.9 Å². The molecule has 0 saturated carbocycles. The van der Waals surface area contributed by atoms with Crippen molar-refractivity contribution in [3.8, 4) is 0 Å². The van der Waals surface area contributed by atoms with Crippen LogP contribution in [0.2, 0.25) is 5.02 Å². The molecule has 1 aliphatic rings. The number of para-hydroxylation sites is 1. The highest BCUT2D eigenvalue weighted by Gasteiger charge is 2.28. The van der Waals surface area contributed by atoms with Crippen molar-refractivity contribution in [2.45, 2.75) is 10.6 Å². The second kappa shape index (κ2) is 10.3. The number of ether oxygens (including phenoxy) is 2. The van der Waals surface area contributed by atoms with E-state index in [9.17, 15) is 14.0 Å². The van der Waals surface area contributed by atoms with Gasteiger partial charge >= 0.3 is 11.9 Å². The smallest absolute Gasteiger partial charge is 0.355 e. The molecule has 0 spiro atoms. The number of methoxy groups -OCH3 is 2. The Kier molecular flexibility index (Phi) is 7.55. The first-order valence-corrected chi connectivity index (χ1v) is 10.5. The van der Waals surface area contributed by atoms with Crippen molar-refractivity contribution in [3.05, 3.63) is 94.6 Å². The molecule has 0 aliphatic carbocycles. The lowest BCUT2D eigenvalue weighted by Crippen LogP contribution is -2.27. The number of carbonyl (C=O) groups is 2. The molecule has 1 heterocycles. The number of carbonyl (C=O) groups excluding carboxylic acids is 2. The molecule has 0 saturated heterocycles. The number of esters is 2. The van der Waals surface area contributed by atoms with Gasteiger partial charge in [-0.15, -0.1) is 11.8 Å². The Morgan fingerprint density at radius 3 is 2.52 bits per heavy atom. The van der Waals surface area contributed by atoms with Crippen LogP contribution in [-0.4, -0.2) is 26.2 Å². The number of hydrogen-bond donors (Lipinski definition) is 0. The summed E-state index contributed by atoms with van der Waals surface area (Å²) in [7, 11) is 2.48. The molecule has 0 radical (unpaired) electrons. The molecule has 3 rings (SSSR count). The monoisotopic (exact) mass is 459 g/mol. The summed E-state index contributed by atoms with van der Waals surface area (Å²) >= 11 is 7.26. The number of anilines is 1. The maximum atomic E-state index is 14.3. The molecule has 8 heteroatoms. The number of thioether (sulfide) groups is 1. The molecule has 31 heavy (non-hydrogen) atoms. The van der Waals surface area contributed by atoms with Gasteiger partial charge in [0.15, 0.2) is 0 Å². The molecule has 2 aromatic rings. The SMILES string of the molecule is COC(=O)C1=C(C(=O)OC)N(c2ccccc2SCc2cccc(Cl)c2F)C=CC=C1.